The van der Waals surface area contributed by atoms with E-state index in [1.165, 1.54) is 50.2 Å². The number of nitrogens with zero attached hydrogens (tertiary/aromatic N) is 4. The lowest BCUT2D eigenvalue weighted by atomic mass is 9.93. The molecule has 5 rings (SSSR count). The summed E-state index contributed by atoms with van der Waals surface area (Å²) in [4.78, 5) is 4.75. The summed E-state index contributed by atoms with van der Waals surface area (Å²) < 4.78 is 22.0. The second-order valence-electron chi connectivity index (χ2n) is 7.94. The second-order valence-corrected chi connectivity index (χ2v) is 7.94. The lowest BCUT2D eigenvalue weighted by Crippen LogP contribution is -2.09. The van der Waals surface area contributed by atoms with Gasteiger partial charge in [0, 0.05) is 30.2 Å². The monoisotopic (exact) mass is 380 g/mol. The molecule has 6 heteroatoms. The molecule has 2 aliphatic rings. The molecule has 0 radical (unpaired) electrons. The van der Waals surface area contributed by atoms with Gasteiger partial charge in [-0.3, -0.25) is 4.40 Å². The largest absolute Gasteiger partial charge is 0.493 e. The maximum absolute atomic E-state index is 14.4. The van der Waals surface area contributed by atoms with Crippen LogP contribution in [0.5, 0.6) is 5.75 Å². The van der Waals surface area contributed by atoms with Gasteiger partial charge in [0.25, 0.3) is 0 Å². The van der Waals surface area contributed by atoms with Crippen molar-refractivity contribution < 1.29 is 9.13 Å². The average Bonchev–Trinajstić information content (AvgIpc) is 3.31. The van der Waals surface area contributed by atoms with Gasteiger partial charge < -0.3 is 4.74 Å². The van der Waals surface area contributed by atoms with Crippen LogP contribution < -0.4 is 4.74 Å². The van der Waals surface area contributed by atoms with Crippen LogP contribution in [0.2, 0.25) is 0 Å². The van der Waals surface area contributed by atoms with Crippen LogP contribution in [-0.4, -0.2) is 26.2 Å². The molecule has 3 heterocycles. The third kappa shape index (κ3) is 3.15. The van der Waals surface area contributed by atoms with Crippen molar-refractivity contribution in [3.05, 3.63) is 53.0 Å². The summed E-state index contributed by atoms with van der Waals surface area (Å²) in [5, 5.41) is 8.54. The van der Waals surface area contributed by atoms with Gasteiger partial charge in [0.1, 0.15) is 23.7 Å². The number of ether oxygens (including phenoxy) is 1. The van der Waals surface area contributed by atoms with Crippen molar-refractivity contribution in [1.82, 2.24) is 19.6 Å². The number of hydrogen-bond donors (Lipinski definition) is 0. The fraction of sp³-hybridized carbons (Fsp3) is 0.500. The van der Waals surface area contributed by atoms with E-state index in [2.05, 4.69) is 10.2 Å². The molecular weight excluding hydrogens is 355 g/mol. The Bertz CT molecular complexity index is 992. The molecule has 146 valence electrons. The van der Waals surface area contributed by atoms with Crippen LogP contribution in [0.3, 0.4) is 0 Å². The standard InChI is InChI=1S/C22H25FN4O/c23-19-8-9-20-17(11-12-28-20)16(19)7-10-21-24-13-18(22-26-25-14-27(21)22)15-5-3-1-2-4-6-15/h8-9,13-15H,1-7,10-12H2. The van der Waals surface area contributed by atoms with Gasteiger partial charge in [-0.2, -0.15) is 0 Å². The molecule has 1 aliphatic heterocycles. The molecule has 1 aliphatic carbocycles. The van der Waals surface area contributed by atoms with E-state index in [9.17, 15) is 4.39 Å². The molecule has 1 aromatic carbocycles. The molecule has 0 spiro atoms. The predicted octanol–water partition coefficient (Wildman–Crippen LogP) is 4.42. The van der Waals surface area contributed by atoms with E-state index in [0.29, 0.717) is 25.4 Å². The van der Waals surface area contributed by atoms with Crippen LogP contribution in [0.1, 0.15) is 67.0 Å². The first-order valence-corrected chi connectivity index (χ1v) is 10.4. The van der Waals surface area contributed by atoms with E-state index in [4.69, 9.17) is 9.72 Å². The Morgan fingerprint density at radius 2 is 1.96 bits per heavy atom. The third-order valence-electron chi connectivity index (χ3n) is 6.27. The van der Waals surface area contributed by atoms with Crippen molar-refractivity contribution in [2.75, 3.05) is 6.61 Å². The van der Waals surface area contributed by atoms with E-state index in [1.807, 2.05) is 10.6 Å². The minimum absolute atomic E-state index is 0.153. The maximum atomic E-state index is 14.4. The molecule has 0 N–H and O–H groups in total. The number of rotatable bonds is 4. The highest BCUT2D eigenvalue weighted by molar-refractivity contribution is 5.48. The molecule has 0 saturated heterocycles. The van der Waals surface area contributed by atoms with Crippen LogP contribution in [0.15, 0.2) is 24.7 Å². The average molecular weight is 380 g/mol. The number of halogens is 1. The normalized spacial score (nSPS) is 17.5. The topological polar surface area (TPSA) is 52.3 Å². The molecule has 5 nitrogen and oxygen atoms in total. The lowest BCUT2D eigenvalue weighted by molar-refractivity contribution is 0.356. The second kappa shape index (κ2) is 7.49. The zero-order chi connectivity index (χ0) is 18.9. The van der Waals surface area contributed by atoms with E-state index in [1.54, 1.807) is 12.4 Å². The number of hydrogen-bond acceptors (Lipinski definition) is 4. The Kier molecular flexibility index (Phi) is 4.71. The molecule has 2 aromatic heterocycles. The molecule has 0 bridgehead atoms. The summed E-state index contributed by atoms with van der Waals surface area (Å²) in [5.41, 5.74) is 3.89. The SMILES string of the molecule is Fc1ccc2c(c1CCc1ncc(C3CCCCCC3)c3nncn13)CCO2. The quantitative estimate of drug-likeness (QED) is 0.629. The summed E-state index contributed by atoms with van der Waals surface area (Å²) in [6.07, 6.45) is 13.3. The van der Waals surface area contributed by atoms with Gasteiger partial charge in [0.05, 0.1) is 6.61 Å². The first-order chi connectivity index (χ1) is 13.8. The Morgan fingerprint density at radius 1 is 1.11 bits per heavy atom. The van der Waals surface area contributed by atoms with Gasteiger partial charge in [0.15, 0.2) is 5.65 Å². The van der Waals surface area contributed by atoms with E-state index in [-0.39, 0.29) is 5.82 Å². The summed E-state index contributed by atoms with van der Waals surface area (Å²) in [6, 6.07) is 3.25. The van der Waals surface area contributed by atoms with E-state index in [0.717, 1.165) is 34.8 Å². The molecule has 1 fully saturated rings. The van der Waals surface area contributed by atoms with Crippen LogP contribution in [-0.2, 0) is 19.3 Å². The predicted molar refractivity (Wildman–Crippen MR) is 104 cm³/mol. The fourth-order valence-electron chi connectivity index (χ4n) is 4.77. The van der Waals surface area contributed by atoms with Gasteiger partial charge >= 0.3 is 0 Å². The number of aryl methyl sites for hydroxylation is 1. The highest BCUT2D eigenvalue weighted by Gasteiger charge is 2.22. The van der Waals surface area contributed by atoms with Gasteiger partial charge in [0.2, 0.25) is 0 Å². The molecule has 28 heavy (non-hydrogen) atoms. The van der Waals surface area contributed by atoms with Crippen LogP contribution >= 0.6 is 0 Å². The van der Waals surface area contributed by atoms with Crippen molar-refractivity contribution in [2.24, 2.45) is 0 Å². The van der Waals surface area contributed by atoms with Crippen molar-refractivity contribution in [3.63, 3.8) is 0 Å². The highest BCUT2D eigenvalue weighted by atomic mass is 19.1. The molecule has 0 amide bonds. The Balaban J connectivity index is 1.43. The van der Waals surface area contributed by atoms with Crippen molar-refractivity contribution >= 4 is 5.65 Å². The first kappa shape index (κ1) is 17.6. The minimum Gasteiger partial charge on any atom is -0.493 e. The molecule has 3 aromatic rings. The number of aromatic nitrogens is 4. The number of benzene rings is 1. The smallest absolute Gasteiger partial charge is 0.167 e. The minimum atomic E-state index is -0.153. The zero-order valence-corrected chi connectivity index (χ0v) is 16.0. The maximum Gasteiger partial charge on any atom is 0.167 e. The Morgan fingerprint density at radius 3 is 2.82 bits per heavy atom. The molecule has 0 atom stereocenters. The Hall–Kier alpha value is -2.50. The van der Waals surface area contributed by atoms with Crippen LogP contribution in [0, 0.1) is 5.82 Å². The zero-order valence-electron chi connectivity index (χ0n) is 16.0. The highest BCUT2D eigenvalue weighted by Crippen LogP contribution is 2.34. The number of fused-ring (bicyclic) bond motifs is 2. The summed E-state index contributed by atoms with van der Waals surface area (Å²) in [5.74, 6) is 2.07. The molecule has 1 saturated carbocycles. The van der Waals surface area contributed by atoms with Gasteiger partial charge in [-0.25, -0.2) is 9.37 Å². The van der Waals surface area contributed by atoms with Crippen molar-refractivity contribution in [1.29, 1.82) is 0 Å². The first-order valence-electron chi connectivity index (χ1n) is 10.4. The summed E-state index contributed by atoms with van der Waals surface area (Å²) >= 11 is 0. The van der Waals surface area contributed by atoms with Crippen molar-refractivity contribution in [2.45, 2.75) is 63.7 Å². The van der Waals surface area contributed by atoms with Crippen LogP contribution in [0.25, 0.3) is 5.65 Å². The van der Waals surface area contributed by atoms with Crippen molar-refractivity contribution in [3.8, 4) is 5.75 Å². The molecule has 0 unspecified atom stereocenters. The fourth-order valence-corrected chi connectivity index (χ4v) is 4.77. The van der Waals surface area contributed by atoms with Gasteiger partial charge in [-0.15, -0.1) is 10.2 Å². The summed E-state index contributed by atoms with van der Waals surface area (Å²) in [6.45, 7) is 0.635. The van der Waals surface area contributed by atoms with Gasteiger partial charge in [-0.05, 0) is 42.9 Å². The lowest BCUT2D eigenvalue weighted by Gasteiger charge is -2.16. The van der Waals surface area contributed by atoms with Gasteiger partial charge in [-0.1, -0.05) is 25.7 Å². The summed E-state index contributed by atoms with van der Waals surface area (Å²) in [7, 11) is 0. The van der Waals surface area contributed by atoms with E-state index >= 15 is 0 Å². The third-order valence-corrected chi connectivity index (χ3v) is 6.27. The molecular formula is C22H25FN4O. The van der Waals surface area contributed by atoms with E-state index < -0.39 is 0 Å². The van der Waals surface area contributed by atoms with Crippen LogP contribution in [0.4, 0.5) is 4.39 Å². The Labute approximate surface area is 164 Å².